The Morgan fingerprint density at radius 3 is 2.56 bits per heavy atom. The van der Waals surface area contributed by atoms with E-state index >= 15 is 0 Å². The van der Waals surface area contributed by atoms with Crippen LogP contribution in [0.1, 0.15) is 29.7 Å². The molecule has 5 rings (SSSR count). The predicted octanol–water partition coefficient (Wildman–Crippen LogP) is 3.90. The molecule has 41 heavy (non-hydrogen) atoms. The molecule has 1 aliphatic heterocycles. The molecule has 1 aromatic heterocycles. The van der Waals surface area contributed by atoms with Gasteiger partial charge in [-0.3, -0.25) is 19.5 Å². The van der Waals surface area contributed by atoms with Crippen molar-refractivity contribution in [3.63, 3.8) is 0 Å². The highest BCUT2D eigenvalue weighted by atomic mass is 32.1. The number of methoxy groups -OCH3 is 2. The van der Waals surface area contributed by atoms with Crippen LogP contribution in [0.2, 0.25) is 0 Å². The summed E-state index contributed by atoms with van der Waals surface area (Å²) in [5.74, 6) is 0.336. The fraction of sp³-hybridized carbons (Fsp3) is 0.167. The van der Waals surface area contributed by atoms with Crippen molar-refractivity contribution in [2.45, 2.75) is 19.6 Å². The molecule has 0 N–H and O–H groups in total. The van der Waals surface area contributed by atoms with Gasteiger partial charge in [0.2, 0.25) is 0 Å². The van der Waals surface area contributed by atoms with Crippen LogP contribution in [0, 0.1) is 10.1 Å². The number of nitrogens with zero attached hydrogens (tertiary/aromatic N) is 3. The second kappa shape index (κ2) is 11.6. The molecule has 4 aromatic rings. The third-order valence-electron chi connectivity index (χ3n) is 6.54. The molecule has 3 aromatic carbocycles. The number of benzene rings is 3. The van der Waals surface area contributed by atoms with Gasteiger partial charge in [-0.25, -0.2) is 9.79 Å². The van der Waals surface area contributed by atoms with E-state index in [4.69, 9.17) is 14.2 Å². The molecule has 0 saturated heterocycles. The molecule has 1 aliphatic rings. The number of non-ortho nitro benzene ring substituents is 1. The Hall–Kier alpha value is -5.03. The molecular formula is C30H25N3O7S. The minimum Gasteiger partial charge on any atom is -0.493 e. The lowest BCUT2D eigenvalue weighted by atomic mass is 9.96. The van der Waals surface area contributed by atoms with Crippen molar-refractivity contribution in [1.82, 2.24) is 4.57 Å². The van der Waals surface area contributed by atoms with E-state index in [0.717, 1.165) is 5.56 Å². The molecule has 0 amide bonds. The first-order valence-electron chi connectivity index (χ1n) is 12.5. The number of hydrogen-bond donors (Lipinski definition) is 0. The van der Waals surface area contributed by atoms with Crippen LogP contribution < -0.4 is 24.4 Å². The maximum atomic E-state index is 13.7. The smallest absolute Gasteiger partial charge is 0.338 e. The zero-order valence-electron chi connectivity index (χ0n) is 22.4. The van der Waals surface area contributed by atoms with Crippen LogP contribution >= 0.6 is 11.3 Å². The number of fused-ring (bicyclic) bond motifs is 1. The van der Waals surface area contributed by atoms with Crippen molar-refractivity contribution in [2.75, 3.05) is 14.2 Å². The minimum atomic E-state index is -0.679. The standard InChI is InChI=1S/C30H25N3O7S/c1-18-26(29(35)39-3)27(21-9-5-4-6-10-21)32-28(34)25(41-30(32)31-18)16-19-12-13-23(24(15-19)38-2)40-17-20-8-7-11-22(14-20)33(36)37/h4-16,27H,17H2,1-3H3. The van der Waals surface area contributed by atoms with Crippen molar-refractivity contribution < 1.29 is 23.9 Å². The van der Waals surface area contributed by atoms with Crippen LogP contribution in [0.25, 0.3) is 6.08 Å². The van der Waals surface area contributed by atoms with Gasteiger partial charge in [-0.2, -0.15) is 0 Å². The summed E-state index contributed by atoms with van der Waals surface area (Å²) in [7, 11) is 2.81. The average Bonchev–Trinajstić information content (AvgIpc) is 3.29. The quantitative estimate of drug-likeness (QED) is 0.179. The van der Waals surface area contributed by atoms with Gasteiger partial charge in [-0.05, 0) is 41.8 Å². The SMILES string of the molecule is COC(=O)C1=C(C)N=c2sc(=Cc3ccc(OCc4cccc([N+](=O)[O-])c4)c(OC)c3)c(=O)n2C1c1ccccc1. The Kier molecular flexibility index (Phi) is 7.79. The molecule has 0 aliphatic carbocycles. The summed E-state index contributed by atoms with van der Waals surface area (Å²) in [6.45, 7) is 1.84. The maximum absolute atomic E-state index is 13.7. The predicted molar refractivity (Wildman–Crippen MR) is 153 cm³/mol. The zero-order chi connectivity index (χ0) is 29.1. The number of ether oxygens (including phenoxy) is 3. The van der Waals surface area contributed by atoms with Crippen molar-refractivity contribution in [1.29, 1.82) is 0 Å². The van der Waals surface area contributed by atoms with Crippen molar-refractivity contribution in [2.24, 2.45) is 4.99 Å². The largest absolute Gasteiger partial charge is 0.493 e. The van der Waals surface area contributed by atoms with E-state index in [1.165, 1.54) is 42.3 Å². The summed E-state index contributed by atoms with van der Waals surface area (Å²) < 4.78 is 18.4. The minimum absolute atomic E-state index is 0.0155. The number of nitro benzene ring substituents is 1. The molecule has 0 bridgehead atoms. The Labute approximate surface area is 238 Å². The molecule has 0 fully saturated rings. The summed E-state index contributed by atoms with van der Waals surface area (Å²) in [5, 5.41) is 11.1. The van der Waals surface area contributed by atoms with Crippen LogP contribution in [0.4, 0.5) is 5.69 Å². The van der Waals surface area contributed by atoms with Gasteiger partial charge in [0.05, 0.1) is 41.0 Å². The Bertz CT molecular complexity index is 1860. The fourth-order valence-electron chi connectivity index (χ4n) is 4.61. The first-order valence-corrected chi connectivity index (χ1v) is 13.3. The summed E-state index contributed by atoms with van der Waals surface area (Å²) in [6, 6.07) is 20.1. The number of rotatable bonds is 8. The van der Waals surface area contributed by atoms with E-state index in [1.54, 1.807) is 43.3 Å². The molecule has 1 atom stereocenters. The van der Waals surface area contributed by atoms with E-state index in [-0.39, 0.29) is 17.9 Å². The molecule has 11 heteroatoms. The second-order valence-corrected chi connectivity index (χ2v) is 10.1. The Balaban J connectivity index is 1.50. The molecular weight excluding hydrogens is 546 g/mol. The third kappa shape index (κ3) is 5.52. The number of carbonyl (C=O) groups excluding carboxylic acids is 1. The van der Waals surface area contributed by atoms with E-state index in [2.05, 4.69) is 4.99 Å². The molecule has 0 saturated carbocycles. The van der Waals surface area contributed by atoms with Gasteiger partial charge in [0.25, 0.3) is 11.2 Å². The van der Waals surface area contributed by atoms with Gasteiger partial charge in [-0.1, -0.05) is 59.9 Å². The lowest BCUT2D eigenvalue weighted by Gasteiger charge is -2.24. The number of esters is 1. The molecule has 1 unspecified atom stereocenters. The third-order valence-corrected chi connectivity index (χ3v) is 7.53. The van der Waals surface area contributed by atoms with Crippen LogP contribution in [-0.2, 0) is 16.1 Å². The van der Waals surface area contributed by atoms with Crippen LogP contribution in [0.3, 0.4) is 0 Å². The number of nitro groups is 1. The van der Waals surface area contributed by atoms with Crippen LogP contribution in [0.5, 0.6) is 11.5 Å². The van der Waals surface area contributed by atoms with Gasteiger partial charge in [-0.15, -0.1) is 0 Å². The number of aromatic nitrogens is 1. The summed E-state index contributed by atoms with van der Waals surface area (Å²) in [4.78, 5) is 42.1. The first-order chi connectivity index (χ1) is 19.8. The summed E-state index contributed by atoms with van der Waals surface area (Å²) in [5.41, 5.74) is 2.59. The van der Waals surface area contributed by atoms with Crippen molar-refractivity contribution in [3.05, 3.63) is 131 Å². The topological polar surface area (TPSA) is 122 Å². The fourth-order valence-corrected chi connectivity index (χ4v) is 5.66. The van der Waals surface area contributed by atoms with E-state index in [1.807, 2.05) is 30.3 Å². The summed E-state index contributed by atoms with van der Waals surface area (Å²) in [6.07, 6.45) is 1.73. The van der Waals surface area contributed by atoms with Gasteiger partial charge in [0, 0.05) is 12.1 Å². The highest BCUT2D eigenvalue weighted by Crippen LogP contribution is 2.31. The Morgan fingerprint density at radius 1 is 1.07 bits per heavy atom. The number of allylic oxidation sites excluding steroid dienone is 1. The van der Waals surface area contributed by atoms with Gasteiger partial charge < -0.3 is 14.2 Å². The van der Waals surface area contributed by atoms with Crippen molar-refractivity contribution >= 4 is 29.1 Å². The monoisotopic (exact) mass is 571 g/mol. The van der Waals surface area contributed by atoms with Gasteiger partial charge in [0.15, 0.2) is 16.3 Å². The van der Waals surface area contributed by atoms with Gasteiger partial charge >= 0.3 is 5.97 Å². The zero-order valence-corrected chi connectivity index (χ0v) is 23.2. The van der Waals surface area contributed by atoms with E-state index < -0.39 is 16.9 Å². The maximum Gasteiger partial charge on any atom is 0.338 e. The first kappa shape index (κ1) is 27.5. The van der Waals surface area contributed by atoms with E-state index in [0.29, 0.717) is 43.2 Å². The second-order valence-electron chi connectivity index (χ2n) is 9.11. The van der Waals surface area contributed by atoms with Gasteiger partial charge in [0.1, 0.15) is 6.61 Å². The van der Waals surface area contributed by atoms with Crippen molar-refractivity contribution in [3.8, 4) is 11.5 Å². The molecule has 10 nitrogen and oxygen atoms in total. The highest BCUT2D eigenvalue weighted by Gasteiger charge is 2.32. The summed E-state index contributed by atoms with van der Waals surface area (Å²) >= 11 is 1.22. The number of thiazole rings is 1. The van der Waals surface area contributed by atoms with E-state index in [9.17, 15) is 19.7 Å². The van der Waals surface area contributed by atoms with Crippen LogP contribution in [0.15, 0.2) is 93.9 Å². The number of carbonyl (C=O) groups is 1. The molecule has 208 valence electrons. The highest BCUT2D eigenvalue weighted by molar-refractivity contribution is 7.07. The molecule has 2 heterocycles. The van der Waals surface area contributed by atoms with Crippen LogP contribution in [-0.4, -0.2) is 29.7 Å². The molecule has 0 spiro atoms. The lowest BCUT2D eigenvalue weighted by Crippen LogP contribution is -2.39. The normalized spacial score (nSPS) is 14.7. The average molecular weight is 572 g/mol. The molecule has 0 radical (unpaired) electrons. The number of hydrogen-bond acceptors (Lipinski definition) is 9. The lowest BCUT2D eigenvalue weighted by molar-refractivity contribution is -0.384. The Morgan fingerprint density at radius 2 is 1.85 bits per heavy atom.